The van der Waals surface area contributed by atoms with Crippen molar-refractivity contribution >= 4 is 35.5 Å². The van der Waals surface area contributed by atoms with Gasteiger partial charge in [0.2, 0.25) is 0 Å². The van der Waals surface area contributed by atoms with Crippen LogP contribution in [-0.2, 0) is 9.59 Å². The SMILES string of the molecule is O=C(O)C(F)(F)F.O=C(O)C(F)(F)F.[N-]=[N+]=NC[C@@H]1[C@@H](CN=[N+]=[N-])[C@H](Cl)[C@@]23CN=C(N)N2C2N=C(N)NC2(O)[C@@H]13. The minimum absolute atomic E-state index is 0.0715. The number of carboxylic acids is 2. The van der Waals surface area contributed by atoms with Crippen molar-refractivity contribution in [2.24, 2.45) is 49.4 Å². The van der Waals surface area contributed by atoms with E-state index >= 15 is 0 Å². The lowest BCUT2D eigenvalue weighted by molar-refractivity contribution is -0.193. The van der Waals surface area contributed by atoms with Gasteiger partial charge in [-0.2, -0.15) is 26.3 Å². The molecule has 1 saturated heterocycles. The van der Waals surface area contributed by atoms with Crippen LogP contribution in [0.25, 0.3) is 20.9 Å². The largest absolute Gasteiger partial charge is 0.490 e. The number of rotatable bonds is 4. The molecule has 1 saturated carbocycles. The zero-order valence-corrected chi connectivity index (χ0v) is 20.2. The van der Waals surface area contributed by atoms with Crippen molar-refractivity contribution in [2.75, 3.05) is 19.6 Å². The van der Waals surface area contributed by atoms with E-state index in [2.05, 4.69) is 35.4 Å². The molecular formula is C16H19ClF6N12O5. The Kier molecular flexibility index (Phi) is 9.00. The molecule has 3 aliphatic heterocycles. The van der Waals surface area contributed by atoms with Crippen molar-refractivity contribution in [3.05, 3.63) is 20.9 Å². The number of azide groups is 2. The molecule has 24 heteroatoms. The van der Waals surface area contributed by atoms with Gasteiger partial charge in [-0.1, -0.05) is 10.2 Å². The number of nitrogens with zero attached hydrogens (tertiary/aromatic N) is 9. The Labute approximate surface area is 222 Å². The van der Waals surface area contributed by atoms with E-state index in [0.29, 0.717) is 0 Å². The predicted octanol–water partition coefficient (Wildman–Crippen LogP) is 0.659. The minimum atomic E-state index is -5.08. The van der Waals surface area contributed by atoms with Crippen LogP contribution in [-0.4, -0.2) is 98.9 Å². The summed E-state index contributed by atoms with van der Waals surface area (Å²) >= 11 is 6.85. The summed E-state index contributed by atoms with van der Waals surface area (Å²) in [6.45, 7) is 0.425. The van der Waals surface area contributed by atoms with Crippen molar-refractivity contribution in [1.82, 2.24) is 10.2 Å². The highest BCUT2D eigenvalue weighted by molar-refractivity contribution is 6.22. The molecular weight excluding hydrogens is 590 g/mol. The molecule has 4 aliphatic rings. The van der Waals surface area contributed by atoms with Crippen LogP contribution in [0.15, 0.2) is 20.2 Å². The molecule has 0 aromatic carbocycles. The fourth-order valence-corrected chi connectivity index (χ4v) is 5.81. The van der Waals surface area contributed by atoms with Crippen molar-refractivity contribution < 1.29 is 51.3 Å². The van der Waals surface area contributed by atoms with E-state index in [9.17, 15) is 31.4 Å². The molecule has 3 heterocycles. The molecule has 2 fully saturated rings. The minimum Gasteiger partial charge on any atom is -0.475 e. The van der Waals surface area contributed by atoms with E-state index in [1.807, 2.05) is 0 Å². The summed E-state index contributed by atoms with van der Waals surface area (Å²) in [5.41, 5.74) is 27.0. The molecule has 1 aliphatic carbocycles. The number of hydrogen-bond acceptors (Lipinski definition) is 11. The van der Waals surface area contributed by atoms with Gasteiger partial charge in [-0.25, -0.2) is 14.6 Å². The summed E-state index contributed by atoms with van der Waals surface area (Å²) in [5, 5.41) is 35.4. The Hall–Kier alpha value is -4.07. The lowest BCUT2D eigenvalue weighted by atomic mass is 9.78. The Bertz CT molecular complexity index is 1160. The van der Waals surface area contributed by atoms with Crippen LogP contribution < -0.4 is 16.8 Å². The summed E-state index contributed by atoms with van der Waals surface area (Å²) in [6.07, 6.45) is -11.0. The van der Waals surface area contributed by atoms with Crippen LogP contribution in [0.3, 0.4) is 0 Å². The number of carboxylic acid groups (broad SMARTS) is 2. The zero-order valence-electron chi connectivity index (χ0n) is 19.5. The van der Waals surface area contributed by atoms with Crippen molar-refractivity contribution in [2.45, 2.75) is 35.2 Å². The molecule has 222 valence electrons. The highest BCUT2D eigenvalue weighted by Gasteiger charge is 2.79. The van der Waals surface area contributed by atoms with Crippen LogP contribution >= 0.6 is 11.6 Å². The second-order valence-corrected chi connectivity index (χ2v) is 8.98. The molecule has 7 atom stereocenters. The Morgan fingerprint density at radius 2 is 1.52 bits per heavy atom. The van der Waals surface area contributed by atoms with Crippen LogP contribution in [0.2, 0.25) is 0 Å². The van der Waals surface area contributed by atoms with Crippen LogP contribution in [0.4, 0.5) is 26.3 Å². The first-order chi connectivity index (χ1) is 18.3. The first-order valence-corrected chi connectivity index (χ1v) is 10.9. The molecule has 0 amide bonds. The average Bonchev–Trinajstić information content (AvgIpc) is 3.45. The summed E-state index contributed by atoms with van der Waals surface area (Å²) in [4.78, 5) is 33.8. The highest BCUT2D eigenvalue weighted by atomic mass is 35.5. The normalized spacial score (nSPS) is 33.1. The van der Waals surface area contributed by atoms with Crippen molar-refractivity contribution in [3.63, 3.8) is 0 Å². The van der Waals surface area contributed by atoms with Gasteiger partial charge in [-0.05, 0) is 22.9 Å². The molecule has 0 aromatic heterocycles. The molecule has 4 rings (SSSR count). The highest BCUT2D eigenvalue weighted by Crippen LogP contribution is 2.62. The first-order valence-electron chi connectivity index (χ1n) is 10.5. The monoisotopic (exact) mass is 608 g/mol. The third-order valence-electron chi connectivity index (χ3n) is 6.46. The smallest absolute Gasteiger partial charge is 0.475 e. The number of guanidine groups is 2. The number of alkyl halides is 7. The van der Waals surface area contributed by atoms with E-state index < -0.39 is 53.0 Å². The van der Waals surface area contributed by atoms with E-state index in [-0.39, 0.29) is 43.4 Å². The molecule has 0 radical (unpaired) electrons. The lowest BCUT2D eigenvalue weighted by Crippen LogP contribution is -2.58. The van der Waals surface area contributed by atoms with Gasteiger partial charge in [0.1, 0.15) is 0 Å². The number of aliphatic imine (C=N–C) groups is 2. The zero-order chi connectivity index (χ0) is 30.8. The number of fused-ring (bicyclic) bond motifs is 3. The number of nitrogens with two attached hydrogens (primary N) is 2. The van der Waals surface area contributed by atoms with Crippen LogP contribution in [0, 0.1) is 17.8 Å². The van der Waals surface area contributed by atoms with Crippen LogP contribution in [0.5, 0.6) is 0 Å². The second kappa shape index (κ2) is 11.2. The van der Waals surface area contributed by atoms with Crippen molar-refractivity contribution in [3.8, 4) is 0 Å². The van der Waals surface area contributed by atoms with Gasteiger partial charge >= 0.3 is 24.3 Å². The Morgan fingerprint density at radius 1 is 1.07 bits per heavy atom. The molecule has 40 heavy (non-hydrogen) atoms. The number of carbonyl (C=O) groups is 2. The second-order valence-electron chi connectivity index (χ2n) is 8.51. The fourth-order valence-electron chi connectivity index (χ4n) is 5.23. The summed E-state index contributed by atoms with van der Waals surface area (Å²) in [7, 11) is 0. The average molecular weight is 609 g/mol. The maximum Gasteiger partial charge on any atom is 0.490 e. The quantitative estimate of drug-likeness (QED) is 0.0857. The fraction of sp³-hybridized carbons (Fsp3) is 0.750. The van der Waals surface area contributed by atoms with Crippen molar-refractivity contribution in [1.29, 1.82) is 0 Å². The van der Waals surface area contributed by atoms with E-state index in [1.165, 1.54) is 0 Å². The number of aliphatic hydroxyl groups is 1. The van der Waals surface area contributed by atoms with Gasteiger partial charge < -0.3 is 37.0 Å². The van der Waals surface area contributed by atoms with Gasteiger partial charge in [0.05, 0.1) is 17.5 Å². The summed E-state index contributed by atoms with van der Waals surface area (Å²) in [5.74, 6) is -6.49. The molecule has 0 aromatic rings. The number of halogens is 7. The predicted molar refractivity (Wildman–Crippen MR) is 120 cm³/mol. The number of nitrogens with one attached hydrogen (secondary N) is 1. The number of hydrogen-bond donors (Lipinski definition) is 6. The van der Waals surface area contributed by atoms with Crippen LogP contribution in [0.1, 0.15) is 0 Å². The van der Waals surface area contributed by atoms with Gasteiger partial charge in [0.25, 0.3) is 0 Å². The standard InChI is InChI=1S/C12H17ClN12O.2C2HF3O2/c13-7-5(2-20-24-17)4(1-19-23-16)6-11(7)3-18-10(15)25(11)8-12(6,26)22-9(14)21-8;2*3-2(4,5)1(6)7/h4-8,26H,1-3H2,(H2,15,18)(H3,14,21,22);2*(H,6,7)/t4-,5-,6+,7+,8?,11+,12?;;/m1../s1. The van der Waals surface area contributed by atoms with E-state index in [1.54, 1.807) is 4.90 Å². The first kappa shape index (κ1) is 32.1. The topological polar surface area (TPSA) is 284 Å². The molecule has 8 N–H and O–H groups in total. The van der Waals surface area contributed by atoms with Gasteiger partial charge in [-0.3, -0.25) is 4.99 Å². The molecule has 1 spiro atoms. The Morgan fingerprint density at radius 3 is 1.95 bits per heavy atom. The molecule has 0 bridgehead atoms. The third kappa shape index (κ3) is 5.62. The lowest BCUT2D eigenvalue weighted by Gasteiger charge is -2.37. The van der Waals surface area contributed by atoms with Gasteiger partial charge in [0, 0.05) is 28.8 Å². The van der Waals surface area contributed by atoms with E-state index in [4.69, 9.17) is 53.9 Å². The maximum absolute atomic E-state index is 11.5. The van der Waals surface area contributed by atoms with Gasteiger partial charge in [-0.15, -0.1) is 11.6 Å². The molecule has 2 unspecified atom stereocenters. The maximum atomic E-state index is 11.5. The molecule has 17 nitrogen and oxygen atoms in total. The Balaban J connectivity index is 0.000000333. The third-order valence-corrected chi connectivity index (χ3v) is 7.16. The van der Waals surface area contributed by atoms with Gasteiger partial charge in [0.15, 0.2) is 23.8 Å². The van der Waals surface area contributed by atoms with E-state index in [0.717, 1.165) is 0 Å². The number of aliphatic carboxylic acids is 2. The summed E-state index contributed by atoms with van der Waals surface area (Å²) < 4.78 is 63.5. The summed E-state index contributed by atoms with van der Waals surface area (Å²) in [6, 6.07) is 0.